The van der Waals surface area contributed by atoms with Crippen LogP contribution in [0, 0.1) is 6.92 Å². The Balaban J connectivity index is 2.34. The molecule has 1 N–H and O–H groups in total. The fourth-order valence-electron chi connectivity index (χ4n) is 2.57. The summed E-state index contributed by atoms with van der Waals surface area (Å²) >= 11 is 0. The molecule has 0 aliphatic rings. The summed E-state index contributed by atoms with van der Waals surface area (Å²) in [5, 5.41) is 0. The molecule has 2 aromatic rings. The van der Waals surface area contributed by atoms with Gasteiger partial charge in [0.05, 0.1) is 13.7 Å². The molecular weight excluding hydrogens is 368 g/mol. The Bertz CT molecular complexity index is 926. The second-order valence-corrected chi connectivity index (χ2v) is 9.05. The van der Waals surface area contributed by atoms with Crippen molar-refractivity contribution in [2.24, 2.45) is 0 Å². The molecule has 0 aliphatic carbocycles. The molecule has 7 nitrogen and oxygen atoms in total. The first-order valence-corrected chi connectivity index (χ1v) is 9.94. The summed E-state index contributed by atoms with van der Waals surface area (Å²) in [7, 11) is -0.844. The predicted octanol–water partition coefficient (Wildman–Crippen LogP) is 2.95. The zero-order valence-corrected chi connectivity index (χ0v) is 17.3. The van der Waals surface area contributed by atoms with Gasteiger partial charge < -0.3 is 14.1 Å². The fourth-order valence-corrected chi connectivity index (χ4v) is 4.19. The lowest BCUT2D eigenvalue weighted by molar-refractivity contribution is 0.0774. The van der Waals surface area contributed by atoms with Crippen LogP contribution in [0.3, 0.4) is 0 Å². The minimum Gasteiger partial charge on any atom is -0.495 e. The van der Waals surface area contributed by atoms with Gasteiger partial charge in [-0.3, -0.25) is 4.79 Å². The van der Waals surface area contributed by atoms with Gasteiger partial charge in [0.25, 0.3) is 5.91 Å². The Hall–Kier alpha value is -2.32. The average molecular weight is 394 g/mol. The molecule has 1 heterocycles. The number of methoxy groups -OCH3 is 1. The maximum absolute atomic E-state index is 12.7. The van der Waals surface area contributed by atoms with Crippen LogP contribution in [0.4, 0.5) is 0 Å². The van der Waals surface area contributed by atoms with Crippen LogP contribution < -0.4 is 9.46 Å². The molecule has 27 heavy (non-hydrogen) atoms. The Morgan fingerprint density at radius 2 is 1.89 bits per heavy atom. The minimum absolute atomic E-state index is 0.0759. The van der Waals surface area contributed by atoms with Gasteiger partial charge in [0.15, 0.2) is 0 Å². The first-order chi connectivity index (χ1) is 12.4. The van der Waals surface area contributed by atoms with E-state index in [9.17, 15) is 13.2 Å². The molecule has 1 amide bonds. The van der Waals surface area contributed by atoms with Crippen molar-refractivity contribution < 1.29 is 22.4 Å². The van der Waals surface area contributed by atoms with Crippen LogP contribution in [0.25, 0.3) is 0 Å². The Kier molecular flexibility index (Phi) is 6.01. The van der Waals surface area contributed by atoms with E-state index in [4.69, 9.17) is 9.15 Å². The molecule has 0 spiro atoms. The van der Waals surface area contributed by atoms with Gasteiger partial charge in [0, 0.05) is 18.2 Å². The third kappa shape index (κ3) is 5.33. The number of amides is 1. The summed E-state index contributed by atoms with van der Waals surface area (Å²) in [6.07, 6.45) is 0. The van der Waals surface area contributed by atoms with Crippen molar-refractivity contribution in [2.45, 2.75) is 44.7 Å². The molecule has 2 rings (SSSR count). The number of nitrogens with one attached hydrogen (secondary N) is 1. The van der Waals surface area contributed by atoms with Gasteiger partial charge in [-0.25, -0.2) is 13.1 Å². The number of sulfonamides is 1. The molecule has 0 aliphatic heterocycles. The monoisotopic (exact) mass is 394 g/mol. The van der Waals surface area contributed by atoms with Crippen LogP contribution in [0.15, 0.2) is 39.6 Å². The normalized spacial score (nSPS) is 12.1. The molecule has 0 atom stereocenters. The number of rotatable bonds is 6. The number of nitrogens with zero attached hydrogens (tertiary/aromatic N) is 1. The maximum Gasteiger partial charge on any atom is 0.254 e. The smallest absolute Gasteiger partial charge is 0.254 e. The predicted molar refractivity (Wildman–Crippen MR) is 102 cm³/mol. The lowest BCUT2D eigenvalue weighted by atomic mass is 10.1. The highest BCUT2D eigenvalue weighted by molar-refractivity contribution is 7.89. The molecule has 0 unspecified atom stereocenters. The summed E-state index contributed by atoms with van der Waals surface area (Å²) in [5.41, 5.74) is -0.423. The van der Waals surface area contributed by atoms with Crippen molar-refractivity contribution in [3.63, 3.8) is 0 Å². The van der Waals surface area contributed by atoms with Crippen molar-refractivity contribution in [3.05, 3.63) is 47.4 Å². The number of benzene rings is 1. The molecule has 0 radical (unpaired) electrons. The van der Waals surface area contributed by atoms with E-state index < -0.39 is 15.6 Å². The maximum atomic E-state index is 12.7. The number of carbonyl (C=O) groups excluding carboxylic acids is 1. The van der Waals surface area contributed by atoms with E-state index in [1.165, 1.54) is 24.1 Å². The van der Waals surface area contributed by atoms with Crippen molar-refractivity contribution in [1.82, 2.24) is 9.62 Å². The molecule has 0 bridgehead atoms. The zero-order chi connectivity index (χ0) is 20.4. The van der Waals surface area contributed by atoms with Crippen LogP contribution >= 0.6 is 0 Å². The van der Waals surface area contributed by atoms with Gasteiger partial charge in [0.2, 0.25) is 10.0 Å². The van der Waals surface area contributed by atoms with E-state index in [2.05, 4.69) is 4.72 Å². The second kappa shape index (κ2) is 7.74. The van der Waals surface area contributed by atoms with Crippen molar-refractivity contribution >= 4 is 15.9 Å². The average Bonchev–Trinajstić information content (AvgIpc) is 2.96. The van der Waals surface area contributed by atoms with E-state index in [1.807, 2.05) is 13.0 Å². The van der Waals surface area contributed by atoms with Gasteiger partial charge in [-0.05, 0) is 58.0 Å². The van der Waals surface area contributed by atoms with Crippen molar-refractivity contribution in [3.8, 4) is 5.75 Å². The lowest BCUT2D eigenvalue weighted by Crippen LogP contribution is -2.40. The molecule has 148 valence electrons. The molecule has 0 saturated heterocycles. The highest BCUT2D eigenvalue weighted by Crippen LogP contribution is 2.26. The fraction of sp³-hybridized carbons (Fsp3) is 0.421. The topological polar surface area (TPSA) is 88.8 Å². The van der Waals surface area contributed by atoms with Crippen molar-refractivity contribution in [1.29, 1.82) is 0 Å². The van der Waals surface area contributed by atoms with Crippen LogP contribution in [0.1, 0.15) is 42.6 Å². The zero-order valence-electron chi connectivity index (χ0n) is 16.5. The summed E-state index contributed by atoms with van der Waals surface area (Å²) in [6, 6.07) is 7.98. The Morgan fingerprint density at radius 3 is 2.41 bits per heavy atom. The van der Waals surface area contributed by atoms with E-state index in [1.54, 1.807) is 40.0 Å². The number of carbonyl (C=O) groups is 1. The van der Waals surface area contributed by atoms with Gasteiger partial charge >= 0.3 is 0 Å². The molecular formula is C19H26N2O5S. The largest absolute Gasteiger partial charge is 0.495 e. The van der Waals surface area contributed by atoms with Gasteiger partial charge in [-0.2, -0.15) is 0 Å². The first kappa shape index (κ1) is 21.0. The molecule has 1 aromatic carbocycles. The SMILES string of the molecule is COc1ccc(C(=O)N(C)Cc2ccc(C)o2)cc1S(=O)(=O)NC(C)(C)C. The number of hydrogen-bond acceptors (Lipinski definition) is 5. The van der Waals surface area contributed by atoms with E-state index in [0.717, 1.165) is 5.76 Å². The van der Waals surface area contributed by atoms with Crippen molar-refractivity contribution in [2.75, 3.05) is 14.2 Å². The summed E-state index contributed by atoms with van der Waals surface area (Å²) in [5.74, 6) is 1.27. The van der Waals surface area contributed by atoms with E-state index in [-0.39, 0.29) is 28.7 Å². The number of hydrogen-bond donors (Lipinski definition) is 1. The quantitative estimate of drug-likeness (QED) is 0.814. The van der Waals surface area contributed by atoms with Gasteiger partial charge in [-0.15, -0.1) is 0 Å². The first-order valence-electron chi connectivity index (χ1n) is 8.46. The molecule has 8 heteroatoms. The Morgan fingerprint density at radius 1 is 1.22 bits per heavy atom. The van der Waals surface area contributed by atoms with Gasteiger partial charge in [0.1, 0.15) is 22.2 Å². The number of furan rings is 1. The molecule has 1 aromatic heterocycles. The highest BCUT2D eigenvalue weighted by Gasteiger charge is 2.27. The van der Waals surface area contributed by atoms with Crippen LogP contribution in [-0.4, -0.2) is 38.9 Å². The second-order valence-electron chi connectivity index (χ2n) is 7.39. The lowest BCUT2D eigenvalue weighted by Gasteiger charge is -2.22. The van der Waals surface area contributed by atoms with E-state index in [0.29, 0.717) is 5.76 Å². The van der Waals surface area contributed by atoms with Crippen LogP contribution in [-0.2, 0) is 16.6 Å². The van der Waals surface area contributed by atoms with Crippen LogP contribution in [0.5, 0.6) is 5.75 Å². The van der Waals surface area contributed by atoms with Crippen LogP contribution in [0.2, 0.25) is 0 Å². The van der Waals surface area contributed by atoms with Gasteiger partial charge in [-0.1, -0.05) is 0 Å². The molecule has 0 fully saturated rings. The number of ether oxygens (including phenoxy) is 1. The summed E-state index contributed by atoms with van der Waals surface area (Å²) in [4.78, 5) is 14.1. The number of aryl methyl sites for hydroxylation is 1. The standard InChI is InChI=1S/C19H26N2O5S/c1-13-7-9-15(26-13)12-21(5)18(22)14-8-10-16(25-6)17(11-14)27(23,24)20-19(2,3)4/h7-11,20H,12H2,1-6H3. The molecule has 0 saturated carbocycles. The minimum atomic E-state index is -3.86. The third-order valence-electron chi connectivity index (χ3n) is 3.68. The summed E-state index contributed by atoms with van der Waals surface area (Å²) < 4.78 is 38.7. The Labute approximate surface area is 160 Å². The van der Waals surface area contributed by atoms with E-state index >= 15 is 0 Å². The highest BCUT2D eigenvalue weighted by atomic mass is 32.2. The summed E-state index contributed by atoms with van der Waals surface area (Å²) in [6.45, 7) is 7.33. The third-order valence-corrected chi connectivity index (χ3v) is 5.46.